The number of nitriles is 1. The molecule has 1 heterocycles. The van der Waals surface area contributed by atoms with Gasteiger partial charge in [-0.05, 0) is 57.4 Å². The summed E-state index contributed by atoms with van der Waals surface area (Å²) in [7, 11) is 3.87. The number of amides is 1. The highest BCUT2D eigenvalue weighted by Crippen LogP contribution is 2.32. The van der Waals surface area contributed by atoms with Gasteiger partial charge >= 0.3 is 0 Å². The van der Waals surface area contributed by atoms with E-state index in [4.69, 9.17) is 5.26 Å². The molecule has 1 aromatic heterocycles. The van der Waals surface area contributed by atoms with Crippen LogP contribution in [0.3, 0.4) is 0 Å². The van der Waals surface area contributed by atoms with Crippen LogP contribution in [0.15, 0.2) is 36.4 Å². The molecule has 1 amide bonds. The number of carbonyl (C=O) groups is 1. The van der Waals surface area contributed by atoms with Crippen LogP contribution in [0.2, 0.25) is 0 Å². The number of aromatic nitrogens is 1. The largest absolute Gasteiger partial charge is 0.309 e. The van der Waals surface area contributed by atoms with Crippen molar-refractivity contribution < 1.29 is 13.6 Å². The zero-order chi connectivity index (χ0) is 20.3. The molecule has 0 N–H and O–H groups in total. The highest BCUT2D eigenvalue weighted by atomic mass is 32.1. The van der Waals surface area contributed by atoms with E-state index < -0.39 is 11.6 Å². The van der Waals surface area contributed by atoms with Crippen LogP contribution in [0.4, 0.5) is 13.9 Å². The summed E-state index contributed by atoms with van der Waals surface area (Å²) in [4.78, 5) is 20.8. The van der Waals surface area contributed by atoms with E-state index in [0.29, 0.717) is 33.9 Å². The Labute approximate surface area is 165 Å². The summed E-state index contributed by atoms with van der Waals surface area (Å²) in [6.45, 7) is 1.13. The first-order valence-electron chi connectivity index (χ1n) is 8.61. The first-order chi connectivity index (χ1) is 13.4. The van der Waals surface area contributed by atoms with Gasteiger partial charge in [0.2, 0.25) is 0 Å². The molecule has 3 aromatic rings. The minimum Gasteiger partial charge on any atom is -0.309 e. The molecular weight excluding hydrogens is 382 g/mol. The van der Waals surface area contributed by atoms with E-state index in [1.165, 1.54) is 11.0 Å². The zero-order valence-corrected chi connectivity index (χ0v) is 16.3. The van der Waals surface area contributed by atoms with Crippen molar-refractivity contribution in [3.8, 4) is 6.07 Å². The van der Waals surface area contributed by atoms with Crippen molar-refractivity contribution in [2.75, 3.05) is 32.1 Å². The monoisotopic (exact) mass is 400 g/mol. The minimum absolute atomic E-state index is 0.0478. The van der Waals surface area contributed by atoms with Gasteiger partial charge in [0, 0.05) is 18.2 Å². The topological polar surface area (TPSA) is 60.2 Å². The summed E-state index contributed by atoms with van der Waals surface area (Å²) in [6, 6.07) is 10.3. The lowest BCUT2D eigenvalue weighted by Gasteiger charge is -2.21. The number of anilines is 1. The summed E-state index contributed by atoms with van der Waals surface area (Å²) < 4.78 is 27.9. The molecule has 0 aliphatic rings. The summed E-state index contributed by atoms with van der Waals surface area (Å²) in [5.74, 6) is -1.74. The van der Waals surface area contributed by atoms with Crippen LogP contribution >= 0.6 is 11.3 Å². The quantitative estimate of drug-likeness (QED) is 0.626. The molecule has 0 saturated carbocycles. The number of fused-ring (bicyclic) bond motifs is 1. The van der Waals surface area contributed by atoms with Crippen molar-refractivity contribution >= 4 is 32.6 Å². The van der Waals surface area contributed by atoms with Crippen LogP contribution in [-0.2, 0) is 0 Å². The molecular formula is C20H18F2N4OS. The van der Waals surface area contributed by atoms with Gasteiger partial charge in [0.1, 0.15) is 11.3 Å². The zero-order valence-electron chi connectivity index (χ0n) is 15.4. The Hall–Kier alpha value is -2.89. The fraction of sp³-hybridized carbons (Fsp3) is 0.250. The third kappa shape index (κ3) is 4.32. The van der Waals surface area contributed by atoms with Gasteiger partial charge in [0.05, 0.1) is 16.3 Å². The van der Waals surface area contributed by atoms with Gasteiger partial charge in [-0.3, -0.25) is 9.69 Å². The van der Waals surface area contributed by atoms with Crippen LogP contribution in [0, 0.1) is 23.0 Å². The van der Waals surface area contributed by atoms with Crippen molar-refractivity contribution in [3.05, 3.63) is 59.2 Å². The summed E-state index contributed by atoms with van der Waals surface area (Å²) in [6.07, 6.45) is 0.682. The molecule has 28 heavy (non-hydrogen) atoms. The summed E-state index contributed by atoms with van der Waals surface area (Å²) >= 11 is 1.07. The lowest BCUT2D eigenvalue weighted by Crippen LogP contribution is -2.33. The summed E-state index contributed by atoms with van der Waals surface area (Å²) in [5, 5.41) is 9.24. The van der Waals surface area contributed by atoms with Gasteiger partial charge in [-0.2, -0.15) is 5.26 Å². The van der Waals surface area contributed by atoms with E-state index in [9.17, 15) is 13.6 Å². The molecule has 0 fully saturated rings. The molecule has 0 saturated heterocycles. The van der Waals surface area contributed by atoms with Crippen molar-refractivity contribution in [2.45, 2.75) is 6.42 Å². The van der Waals surface area contributed by atoms with E-state index >= 15 is 0 Å². The number of hydrogen-bond donors (Lipinski definition) is 0. The molecule has 0 atom stereocenters. The first kappa shape index (κ1) is 19.9. The molecule has 0 radical (unpaired) electrons. The van der Waals surface area contributed by atoms with Gasteiger partial charge in [0.25, 0.3) is 5.91 Å². The average molecular weight is 400 g/mol. The van der Waals surface area contributed by atoms with Gasteiger partial charge < -0.3 is 4.90 Å². The summed E-state index contributed by atoms with van der Waals surface area (Å²) in [5.41, 5.74) is 0.898. The standard InChI is InChI=1S/C20H18F2N4OS/c1-25(2)8-3-9-26(19(27)14-6-4-13(12-23)5-7-14)20-24-18-16(22)10-15(21)11-17(18)28-20/h4-7,10-11H,3,8-9H2,1-2H3. The third-order valence-corrected chi connectivity index (χ3v) is 5.15. The Morgan fingerprint density at radius 1 is 1.18 bits per heavy atom. The molecule has 3 rings (SSSR count). The van der Waals surface area contributed by atoms with Crippen molar-refractivity contribution in [1.29, 1.82) is 5.26 Å². The first-order valence-corrected chi connectivity index (χ1v) is 9.43. The molecule has 0 bridgehead atoms. The number of thiazole rings is 1. The second-order valence-corrected chi connectivity index (χ2v) is 7.54. The van der Waals surface area contributed by atoms with Crippen LogP contribution in [-0.4, -0.2) is 43.0 Å². The predicted octanol–water partition coefficient (Wildman–Crippen LogP) is 4.04. The number of nitrogens with zero attached hydrogens (tertiary/aromatic N) is 4. The number of carbonyl (C=O) groups excluding carboxylic acids is 1. The Kier molecular flexibility index (Phi) is 5.97. The predicted molar refractivity (Wildman–Crippen MR) is 106 cm³/mol. The third-order valence-electron chi connectivity index (χ3n) is 4.13. The van der Waals surface area contributed by atoms with Crippen LogP contribution < -0.4 is 4.90 Å². The van der Waals surface area contributed by atoms with E-state index in [0.717, 1.165) is 23.9 Å². The Balaban J connectivity index is 1.97. The van der Waals surface area contributed by atoms with E-state index in [1.807, 2.05) is 25.1 Å². The molecule has 0 aliphatic heterocycles. The molecule has 0 spiro atoms. The van der Waals surface area contributed by atoms with Gasteiger partial charge in [0.15, 0.2) is 10.9 Å². The lowest BCUT2D eigenvalue weighted by molar-refractivity contribution is 0.0986. The smallest absolute Gasteiger partial charge is 0.260 e. The Morgan fingerprint density at radius 3 is 2.54 bits per heavy atom. The number of hydrogen-bond acceptors (Lipinski definition) is 5. The van der Waals surface area contributed by atoms with Crippen LogP contribution in [0.1, 0.15) is 22.3 Å². The van der Waals surface area contributed by atoms with Crippen molar-refractivity contribution in [3.63, 3.8) is 0 Å². The van der Waals surface area contributed by atoms with Crippen molar-refractivity contribution in [2.24, 2.45) is 0 Å². The lowest BCUT2D eigenvalue weighted by atomic mass is 10.1. The maximum atomic E-state index is 14.1. The number of rotatable bonds is 6. The molecule has 0 aliphatic carbocycles. The van der Waals surface area contributed by atoms with E-state index in [-0.39, 0.29) is 11.4 Å². The molecule has 5 nitrogen and oxygen atoms in total. The Morgan fingerprint density at radius 2 is 1.89 bits per heavy atom. The second-order valence-electron chi connectivity index (χ2n) is 6.53. The second kappa shape index (κ2) is 8.42. The van der Waals surface area contributed by atoms with Crippen molar-refractivity contribution in [1.82, 2.24) is 9.88 Å². The highest BCUT2D eigenvalue weighted by Gasteiger charge is 2.22. The fourth-order valence-corrected chi connectivity index (χ4v) is 3.76. The highest BCUT2D eigenvalue weighted by molar-refractivity contribution is 7.22. The minimum atomic E-state index is -0.753. The molecule has 144 valence electrons. The Bertz CT molecular complexity index is 1040. The normalized spacial score (nSPS) is 11.0. The maximum Gasteiger partial charge on any atom is 0.260 e. The SMILES string of the molecule is CN(C)CCCN(C(=O)c1ccc(C#N)cc1)c1nc2c(F)cc(F)cc2s1. The fourth-order valence-electron chi connectivity index (χ4n) is 2.73. The van der Waals surface area contributed by atoms with Crippen LogP contribution in [0.25, 0.3) is 10.2 Å². The maximum absolute atomic E-state index is 14.1. The number of halogens is 2. The van der Waals surface area contributed by atoms with Gasteiger partial charge in [-0.25, -0.2) is 13.8 Å². The van der Waals surface area contributed by atoms with E-state index in [2.05, 4.69) is 4.98 Å². The van der Waals surface area contributed by atoms with Crippen LogP contribution in [0.5, 0.6) is 0 Å². The molecule has 8 heteroatoms. The molecule has 0 unspecified atom stereocenters. The van der Waals surface area contributed by atoms with Gasteiger partial charge in [-0.15, -0.1) is 0 Å². The number of benzene rings is 2. The van der Waals surface area contributed by atoms with Gasteiger partial charge in [-0.1, -0.05) is 11.3 Å². The average Bonchev–Trinajstić information content (AvgIpc) is 3.08. The molecule has 2 aromatic carbocycles. The van der Waals surface area contributed by atoms with E-state index in [1.54, 1.807) is 24.3 Å².